The fraction of sp³-hybridized carbons (Fsp3) is 0.278. The summed E-state index contributed by atoms with van der Waals surface area (Å²) >= 11 is 0. The summed E-state index contributed by atoms with van der Waals surface area (Å²) in [6.45, 7) is 4.38. The molecule has 24 heavy (non-hydrogen) atoms. The zero-order valence-electron chi connectivity index (χ0n) is 14.1. The molecular weight excluding hydrogens is 328 g/mol. The molecule has 2 aromatic carbocycles. The summed E-state index contributed by atoms with van der Waals surface area (Å²) in [4.78, 5) is 12.0. The predicted molar refractivity (Wildman–Crippen MR) is 99.3 cm³/mol. The van der Waals surface area contributed by atoms with Crippen molar-refractivity contribution in [1.82, 2.24) is 0 Å². The highest BCUT2D eigenvalue weighted by Gasteiger charge is 2.07. The molecule has 0 fully saturated rings. The lowest BCUT2D eigenvalue weighted by atomic mass is 10.1. The van der Waals surface area contributed by atoms with Crippen molar-refractivity contribution in [3.8, 4) is 11.5 Å². The first-order valence-corrected chi connectivity index (χ1v) is 7.43. The van der Waals surface area contributed by atoms with Gasteiger partial charge in [-0.15, -0.1) is 12.4 Å². The molecule has 2 aromatic rings. The molecule has 0 spiro atoms. The van der Waals surface area contributed by atoms with Crippen molar-refractivity contribution < 1.29 is 14.3 Å². The number of carbonyl (C=O) groups excluding carboxylic acids is 1. The van der Waals surface area contributed by atoms with Crippen LogP contribution in [-0.2, 0) is 4.79 Å². The maximum Gasteiger partial charge on any atom is 0.227 e. The van der Waals surface area contributed by atoms with E-state index in [4.69, 9.17) is 15.2 Å². The molecule has 0 saturated carbocycles. The van der Waals surface area contributed by atoms with Gasteiger partial charge in [0.15, 0.2) is 0 Å². The van der Waals surface area contributed by atoms with Crippen molar-refractivity contribution in [2.24, 2.45) is 0 Å². The summed E-state index contributed by atoms with van der Waals surface area (Å²) in [7, 11) is 1.56. The van der Waals surface area contributed by atoms with Gasteiger partial charge in [0.05, 0.1) is 31.5 Å². The fourth-order valence-electron chi connectivity index (χ4n) is 2.05. The molecular formula is C18H23ClN2O3. The Kier molecular flexibility index (Phi) is 7.39. The number of halogens is 1. The maximum absolute atomic E-state index is 12.0. The van der Waals surface area contributed by atoms with Gasteiger partial charge in [-0.3, -0.25) is 4.79 Å². The largest absolute Gasteiger partial charge is 0.497 e. The van der Waals surface area contributed by atoms with Gasteiger partial charge in [-0.05, 0) is 49.2 Å². The number of nitrogens with two attached hydrogens (primary N) is 1. The normalized spacial score (nSPS) is 9.79. The third kappa shape index (κ3) is 5.35. The highest BCUT2D eigenvalue weighted by Crippen LogP contribution is 2.24. The van der Waals surface area contributed by atoms with E-state index in [1.54, 1.807) is 25.3 Å². The molecule has 6 heteroatoms. The quantitative estimate of drug-likeness (QED) is 0.778. The number of nitrogens with one attached hydrogen (secondary N) is 1. The number of benzene rings is 2. The SMILES string of the molecule is COc1ccc(N)c(NC(=O)CCOc2ccc(C)c(C)c2)c1.Cl. The highest BCUT2D eigenvalue weighted by atomic mass is 35.5. The Bertz CT molecular complexity index is 705. The Morgan fingerprint density at radius 1 is 1.08 bits per heavy atom. The van der Waals surface area contributed by atoms with Gasteiger partial charge in [0, 0.05) is 6.07 Å². The van der Waals surface area contributed by atoms with Crippen molar-refractivity contribution in [1.29, 1.82) is 0 Å². The Labute approximate surface area is 148 Å². The number of anilines is 2. The molecule has 0 atom stereocenters. The zero-order valence-corrected chi connectivity index (χ0v) is 14.9. The molecule has 0 saturated heterocycles. The van der Waals surface area contributed by atoms with Crippen LogP contribution in [0.2, 0.25) is 0 Å². The first-order valence-electron chi connectivity index (χ1n) is 7.43. The smallest absolute Gasteiger partial charge is 0.227 e. The van der Waals surface area contributed by atoms with Crippen molar-refractivity contribution in [2.45, 2.75) is 20.3 Å². The molecule has 3 N–H and O–H groups in total. The number of methoxy groups -OCH3 is 1. The monoisotopic (exact) mass is 350 g/mol. The standard InChI is InChI=1S/C18H22N2O3.ClH/c1-12-4-5-15(10-13(12)2)23-9-8-18(21)20-17-11-14(22-3)6-7-16(17)19;/h4-7,10-11H,8-9,19H2,1-3H3,(H,20,21);1H. The second-order valence-corrected chi connectivity index (χ2v) is 5.35. The van der Waals surface area contributed by atoms with Crippen molar-refractivity contribution in [3.05, 3.63) is 47.5 Å². The van der Waals surface area contributed by atoms with Gasteiger partial charge in [-0.25, -0.2) is 0 Å². The number of aryl methyl sites for hydroxylation is 2. The lowest BCUT2D eigenvalue weighted by Crippen LogP contribution is -2.16. The van der Waals surface area contributed by atoms with E-state index in [1.165, 1.54) is 5.56 Å². The van der Waals surface area contributed by atoms with Gasteiger partial charge in [-0.2, -0.15) is 0 Å². The van der Waals surface area contributed by atoms with Crippen molar-refractivity contribution in [2.75, 3.05) is 24.8 Å². The molecule has 0 aliphatic heterocycles. The number of hydrogen-bond donors (Lipinski definition) is 2. The van der Waals surface area contributed by atoms with E-state index in [2.05, 4.69) is 5.32 Å². The van der Waals surface area contributed by atoms with Crippen LogP contribution in [0.25, 0.3) is 0 Å². The minimum Gasteiger partial charge on any atom is -0.497 e. The fourth-order valence-corrected chi connectivity index (χ4v) is 2.05. The zero-order chi connectivity index (χ0) is 16.8. The summed E-state index contributed by atoms with van der Waals surface area (Å²) in [6.07, 6.45) is 0.240. The van der Waals surface area contributed by atoms with Gasteiger partial charge < -0.3 is 20.5 Å². The van der Waals surface area contributed by atoms with E-state index in [0.29, 0.717) is 23.7 Å². The molecule has 0 bridgehead atoms. The van der Waals surface area contributed by atoms with Crippen molar-refractivity contribution in [3.63, 3.8) is 0 Å². The van der Waals surface area contributed by atoms with E-state index < -0.39 is 0 Å². The topological polar surface area (TPSA) is 73.6 Å². The Balaban J connectivity index is 0.00000288. The molecule has 0 aliphatic carbocycles. The minimum atomic E-state index is -0.159. The molecule has 0 radical (unpaired) electrons. The number of rotatable bonds is 6. The average Bonchev–Trinajstić information content (AvgIpc) is 2.53. The number of carbonyl (C=O) groups is 1. The summed E-state index contributed by atoms with van der Waals surface area (Å²) in [6, 6.07) is 11.0. The second kappa shape index (κ2) is 9.03. The lowest BCUT2D eigenvalue weighted by molar-refractivity contribution is -0.116. The Morgan fingerprint density at radius 3 is 2.46 bits per heavy atom. The van der Waals surface area contributed by atoms with Gasteiger partial charge >= 0.3 is 0 Å². The molecule has 2 rings (SSSR count). The second-order valence-electron chi connectivity index (χ2n) is 5.35. The Hall–Kier alpha value is -2.40. The predicted octanol–water partition coefficient (Wildman–Crippen LogP) is 3.72. The van der Waals surface area contributed by atoms with Gasteiger partial charge in [0.1, 0.15) is 11.5 Å². The summed E-state index contributed by atoms with van der Waals surface area (Å²) in [5.74, 6) is 1.25. The van der Waals surface area contributed by atoms with Crippen LogP contribution in [0.3, 0.4) is 0 Å². The van der Waals surface area contributed by atoms with E-state index in [1.807, 2.05) is 32.0 Å². The van der Waals surface area contributed by atoms with Crippen LogP contribution in [0.15, 0.2) is 36.4 Å². The van der Waals surface area contributed by atoms with Crippen LogP contribution < -0.4 is 20.5 Å². The van der Waals surface area contributed by atoms with Crippen LogP contribution in [0.1, 0.15) is 17.5 Å². The van der Waals surface area contributed by atoms with Crippen LogP contribution in [0.5, 0.6) is 11.5 Å². The molecule has 130 valence electrons. The maximum atomic E-state index is 12.0. The molecule has 0 unspecified atom stereocenters. The number of hydrogen-bond acceptors (Lipinski definition) is 4. The van der Waals surface area contributed by atoms with Crippen molar-refractivity contribution >= 4 is 29.7 Å². The van der Waals surface area contributed by atoms with Crippen LogP contribution >= 0.6 is 12.4 Å². The van der Waals surface area contributed by atoms with Crippen LogP contribution in [-0.4, -0.2) is 19.6 Å². The van der Waals surface area contributed by atoms with Crippen LogP contribution in [0, 0.1) is 13.8 Å². The van der Waals surface area contributed by atoms with E-state index in [9.17, 15) is 4.79 Å². The third-order valence-corrected chi connectivity index (χ3v) is 3.61. The average molecular weight is 351 g/mol. The highest BCUT2D eigenvalue weighted by molar-refractivity contribution is 5.94. The first-order chi connectivity index (χ1) is 11.0. The van der Waals surface area contributed by atoms with Crippen LogP contribution in [0.4, 0.5) is 11.4 Å². The first kappa shape index (κ1) is 19.6. The third-order valence-electron chi connectivity index (χ3n) is 3.61. The van der Waals surface area contributed by atoms with Gasteiger partial charge in [0.25, 0.3) is 0 Å². The van der Waals surface area contributed by atoms with Gasteiger partial charge in [0.2, 0.25) is 5.91 Å². The Morgan fingerprint density at radius 2 is 1.79 bits per heavy atom. The minimum absolute atomic E-state index is 0. The van der Waals surface area contributed by atoms with E-state index in [0.717, 1.165) is 11.3 Å². The number of nitrogen functional groups attached to an aromatic ring is 1. The van der Waals surface area contributed by atoms with E-state index >= 15 is 0 Å². The van der Waals surface area contributed by atoms with E-state index in [-0.39, 0.29) is 24.7 Å². The summed E-state index contributed by atoms with van der Waals surface area (Å²) in [5.41, 5.74) is 9.25. The molecule has 5 nitrogen and oxygen atoms in total. The number of ether oxygens (including phenoxy) is 2. The summed E-state index contributed by atoms with van der Waals surface area (Å²) < 4.78 is 10.7. The molecule has 1 amide bonds. The molecule has 0 aliphatic rings. The molecule has 0 aromatic heterocycles. The number of amides is 1. The summed E-state index contributed by atoms with van der Waals surface area (Å²) in [5, 5.41) is 2.77. The lowest BCUT2D eigenvalue weighted by Gasteiger charge is -2.11. The van der Waals surface area contributed by atoms with Gasteiger partial charge in [-0.1, -0.05) is 6.07 Å². The molecule has 0 heterocycles.